The van der Waals surface area contributed by atoms with Gasteiger partial charge in [0.05, 0.1) is 6.20 Å². The van der Waals surface area contributed by atoms with E-state index in [9.17, 15) is 8.78 Å². The van der Waals surface area contributed by atoms with Crippen LogP contribution in [0.2, 0.25) is 0 Å². The van der Waals surface area contributed by atoms with E-state index in [-0.39, 0.29) is 0 Å². The Kier molecular flexibility index (Phi) is 6.16. The molecule has 0 atom stereocenters. The monoisotopic (exact) mass is 379 g/mol. The molecule has 1 N–H and O–H groups in total. The lowest BCUT2D eigenvalue weighted by Crippen LogP contribution is -2.51. The zero-order chi connectivity index (χ0) is 18.5. The first-order valence-electron chi connectivity index (χ1n) is 8.76. The van der Waals surface area contributed by atoms with Crippen LogP contribution in [-0.2, 0) is 19.6 Å². The molecule has 26 heavy (non-hydrogen) atoms. The number of aromatic nitrogens is 2. The molecule has 0 bridgehead atoms. The number of hydrogen-bond acceptors (Lipinski definition) is 3. The maximum Gasteiger partial charge on any atom is 0.169 e. The second-order valence-electron chi connectivity index (χ2n) is 6.34. The van der Waals surface area contributed by atoms with Crippen LogP contribution in [0.3, 0.4) is 0 Å². The first-order valence-corrected chi connectivity index (χ1v) is 9.17. The summed E-state index contributed by atoms with van der Waals surface area (Å²) in [6.07, 6.45) is 3.84. The maximum absolute atomic E-state index is 13.8. The van der Waals surface area contributed by atoms with Crippen LogP contribution >= 0.6 is 12.2 Å². The molecule has 1 aliphatic heterocycles. The third-order valence-corrected chi connectivity index (χ3v) is 4.94. The van der Waals surface area contributed by atoms with E-state index in [4.69, 9.17) is 12.2 Å². The highest BCUT2D eigenvalue weighted by molar-refractivity contribution is 7.80. The van der Waals surface area contributed by atoms with Crippen molar-refractivity contribution in [3.63, 3.8) is 0 Å². The zero-order valence-electron chi connectivity index (χ0n) is 14.8. The summed E-state index contributed by atoms with van der Waals surface area (Å²) in [5.41, 5.74) is 1.49. The lowest BCUT2D eigenvalue weighted by Gasteiger charge is -2.36. The van der Waals surface area contributed by atoms with E-state index in [2.05, 4.69) is 20.2 Å². The van der Waals surface area contributed by atoms with Gasteiger partial charge in [-0.05, 0) is 25.2 Å². The number of piperazine rings is 1. The zero-order valence-corrected chi connectivity index (χ0v) is 15.6. The predicted molar refractivity (Wildman–Crippen MR) is 101 cm³/mol. The lowest BCUT2D eigenvalue weighted by molar-refractivity contribution is 0.172. The van der Waals surface area contributed by atoms with Crippen molar-refractivity contribution < 1.29 is 8.78 Å². The normalized spacial score (nSPS) is 15.3. The van der Waals surface area contributed by atoms with Gasteiger partial charge >= 0.3 is 0 Å². The summed E-state index contributed by atoms with van der Waals surface area (Å²) in [5.74, 6) is -1.54. The van der Waals surface area contributed by atoms with E-state index in [0.717, 1.165) is 44.4 Å². The van der Waals surface area contributed by atoms with Crippen LogP contribution in [0.4, 0.5) is 8.78 Å². The van der Waals surface area contributed by atoms with Crippen LogP contribution in [0, 0.1) is 11.6 Å². The number of benzene rings is 1. The van der Waals surface area contributed by atoms with E-state index >= 15 is 0 Å². The van der Waals surface area contributed by atoms with Gasteiger partial charge in [0.15, 0.2) is 16.7 Å². The first-order chi connectivity index (χ1) is 12.6. The number of thiocarbonyl (C=S) groups is 1. The van der Waals surface area contributed by atoms with E-state index in [1.54, 1.807) is 12.1 Å². The fraction of sp³-hybridized carbons (Fsp3) is 0.444. The van der Waals surface area contributed by atoms with Gasteiger partial charge < -0.3 is 10.2 Å². The van der Waals surface area contributed by atoms with Gasteiger partial charge in [0.2, 0.25) is 0 Å². The molecular formula is C18H23F2N5S. The average Bonchev–Trinajstić information content (AvgIpc) is 3.12. The predicted octanol–water partition coefficient (Wildman–Crippen LogP) is 2.37. The Balaban J connectivity index is 1.45. The van der Waals surface area contributed by atoms with Crippen molar-refractivity contribution in [1.82, 2.24) is 24.9 Å². The Morgan fingerprint density at radius 2 is 2.00 bits per heavy atom. The smallest absolute Gasteiger partial charge is 0.169 e. The number of halogens is 2. The molecule has 0 unspecified atom stereocenters. The van der Waals surface area contributed by atoms with Gasteiger partial charge in [0.1, 0.15) is 0 Å². The largest absolute Gasteiger partial charge is 0.358 e. The highest BCUT2D eigenvalue weighted by atomic mass is 32.1. The quantitative estimate of drug-likeness (QED) is 0.808. The maximum atomic E-state index is 13.8. The Bertz CT molecular complexity index is 756. The molecule has 140 valence electrons. The van der Waals surface area contributed by atoms with Gasteiger partial charge in [0.25, 0.3) is 0 Å². The highest BCUT2D eigenvalue weighted by Gasteiger charge is 2.20. The second kappa shape index (κ2) is 8.55. The number of nitrogens with one attached hydrogen (secondary N) is 1. The van der Waals surface area contributed by atoms with E-state index < -0.39 is 11.6 Å². The molecule has 0 aliphatic carbocycles. The molecule has 1 aliphatic rings. The van der Waals surface area contributed by atoms with Crippen molar-refractivity contribution in [2.45, 2.75) is 26.6 Å². The summed E-state index contributed by atoms with van der Waals surface area (Å²) in [6, 6.07) is 4.32. The van der Waals surface area contributed by atoms with Crippen LogP contribution < -0.4 is 5.32 Å². The van der Waals surface area contributed by atoms with Crippen LogP contribution in [-0.4, -0.2) is 50.9 Å². The summed E-state index contributed by atoms with van der Waals surface area (Å²) in [5, 5.41) is 8.22. The molecule has 0 spiro atoms. The van der Waals surface area contributed by atoms with Crippen molar-refractivity contribution >= 4 is 17.3 Å². The minimum Gasteiger partial charge on any atom is -0.358 e. The molecule has 5 nitrogen and oxygen atoms in total. The summed E-state index contributed by atoms with van der Waals surface area (Å²) in [4.78, 5) is 4.22. The minimum absolute atomic E-state index is 0.395. The van der Waals surface area contributed by atoms with Crippen LogP contribution in [0.5, 0.6) is 0 Å². The number of nitrogens with zero attached hydrogens (tertiary/aromatic N) is 4. The third kappa shape index (κ3) is 4.56. The molecular weight excluding hydrogens is 356 g/mol. The SMILES string of the molecule is CCn1cc(CNC(=S)N2CCN(Cc3cccc(F)c3F)CC2)cn1. The molecule has 0 radical (unpaired) electrons. The van der Waals surface area contributed by atoms with Gasteiger partial charge in [0, 0.05) is 63.1 Å². The minimum atomic E-state index is -0.794. The van der Waals surface area contributed by atoms with Crippen LogP contribution in [0.25, 0.3) is 0 Å². The molecule has 0 saturated carbocycles. The van der Waals surface area contributed by atoms with Crippen LogP contribution in [0.15, 0.2) is 30.6 Å². The molecule has 2 aromatic rings. The van der Waals surface area contributed by atoms with E-state index in [0.29, 0.717) is 23.8 Å². The molecule has 8 heteroatoms. The standard InChI is InChI=1S/C18H23F2N5S/c1-2-25-12-14(11-22-25)10-21-18(26)24-8-6-23(7-9-24)13-15-4-3-5-16(19)17(15)20/h3-5,11-12H,2,6-10,13H2,1H3,(H,21,26). The second-order valence-corrected chi connectivity index (χ2v) is 6.73. The van der Waals surface area contributed by atoms with Crippen molar-refractivity contribution in [3.05, 3.63) is 53.4 Å². The Hall–Kier alpha value is -2.06. The van der Waals surface area contributed by atoms with Gasteiger partial charge in [-0.3, -0.25) is 9.58 Å². The lowest BCUT2D eigenvalue weighted by atomic mass is 10.2. The van der Waals surface area contributed by atoms with Gasteiger partial charge in [-0.2, -0.15) is 5.10 Å². The summed E-state index contributed by atoms with van der Waals surface area (Å²) in [6.45, 7) is 6.98. The van der Waals surface area contributed by atoms with Crippen molar-refractivity contribution in [3.8, 4) is 0 Å². The third-order valence-electron chi connectivity index (χ3n) is 4.54. The molecule has 0 amide bonds. The van der Waals surface area contributed by atoms with Crippen LogP contribution in [0.1, 0.15) is 18.1 Å². The fourth-order valence-corrected chi connectivity index (χ4v) is 3.24. The van der Waals surface area contributed by atoms with Crippen molar-refractivity contribution in [2.75, 3.05) is 26.2 Å². The fourth-order valence-electron chi connectivity index (χ4n) is 2.98. The van der Waals surface area contributed by atoms with Gasteiger partial charge in [-0.25, -0.2) is 8.78 Å². The number of hydrogen-bond donors (Lipinski definition) is 1. The number of rotatable bonds is 5. The summed E-state index contributed by atoms with van der Waals surface area (Å²) < 4.78 is 29.0. The highest BCUT2D eigenvalue weighted by Crippen LogP contribution is 2.15. The van der Waals surface area contributed by atoms with Gasteiger partial charge in [-0.1, -0.05) is 12.1 Å². The number of aryl methyl sites for hydroxylation is 1. The van der Waals surface area contributed by atoms with Crippen molar-refractivity contribution in [2.24, 2.45) is 0 Å². The Morgan fingerprint density at radius 3 is 2.69 bits per heavy atom. The topological polar surface area (TPSA) is 36.3 Å². The molecule has 1 aromatic carbocycles. The molecule has 1 aromatic heterocycles. The van der Waals surface area contributed by atoms with Crippen molar-refractivity contribution in [1.29, 1.82) is 0 Å². The van der Waals surface area contributed by atoms with E-state index in [1.807, 2.05) is 24.0 Å². The van der Waals surface area contributed by atoms with Gasteiger partial charge in [-0.15, -0.1) is 0 Å². The first kappa shape index (κ1) is 18.7. The molecule has 1 saturated heterocycles. The molecule has 1 fully saturated rings. The average molecular weight is 379 g/mol. The Labute approximate surface area is 157 Å². The molecule has 2 heterocycles. The van der Waals surface area contributed by atoms with E-state index in [1.165, 1.54) is 0 Å². The summed E-state index contributed by atoms with van der Waals surface area (Å²) >= 11 is 5.47. The molecule has 3 rings (SSSR count). The Morgan fingerprint density at radius 1 is 1.23 bits per heavy atom. The summed E-state index contributed by atoms with van der Waals surface area (Å²) in [7, 11) is 0.